The Bertz CT molecular complexity index is 1460. The maximum atomic E-state index is 13.5. The third-order valence-corrected chi connectivity index (χ3v) is 5.55. The molecule has 11 heteroatoms. The van der Waals surface area contributed by atoms with E-state index in [4.69, 9.17) is 9.47 Å². The van der Waals surface area contributed by atoms with Gasteiger partial charge in [-0.1, -0.05) is 18.2 Å². The zero-order chi connectivity index (χ0) is 26.2. The van der Waals surface area contributed by atoms with E-state index in [0.717, 1.165) is 6.21 Å². The molecule has 0 aliphatic carbocycles. The van der Waals surface area contributed by atoms with E-state index in [1.807, 2.05) is 6.07 Å². The predicted octanol–water partition coefficient (Wildman–Crippen LogP) is 7.10. The number of halogens is 6. The maximum Gasteiger partial charge on any atom is 0.418 e. The standard InChI is InChI=1S/C26H17F6N3O2/c27-25(28,29)18-7-8-20(26(30,31)32)21(13-18)33-14-17-15-35(19-4-2-1-3-5-19)34-24(17)16-6-9-22-23(12-16)37-11-10-36-22/h1-9,12-15H,10-11H2. The quantitative estimate of drug-likeness (QED) is 0.214. The van der Waals surface area contributed by atoms with E-state index < -0.39 is 29.2 Å². The molecule has 190 valence electrons. The van der Waals surface area contributed by atoms with Gasteiger partial charge in [0.15, 0.2) is 11.5 Å². The zero-order valence-electron chi connectivity index (χ0n) is 18.8. The molecule has 0 saturated heterocycles. The normalized spacial score (nSPS) is 13.8. The summed E-state index contributed by atoms with van der Waals surface area (Å²) in [6, 6.07) is 15.1. The third-order valence-electron chi connectivity index (χ3n) is 5.55. The Balaban J connectivity index is 1.62. The van der Waals surface area contributed by atoms with Crippen molar-refractivity contribution in [1.82, 2.24) is 9.78 Å². The fraction of sp³-hybridized carbons (Fsp3) is 0.154. The van der Waals surface area contributed by atoms with Crippen molar-refractivity contribution >= 4 is 11.9 Å². The van der Waals surface area contributed by atoms with Crippen LogP contribution in [-0.4, -0.2) is 29.2 Å². The summed E-state index contributed by atoms with van der Waals surface area (Å²) < 4.78 is 92.9. The van der Waals surface area contributed by atoms with Crippen LogP contribution >= 0.6 is 0 Å². The van der Waals surface area contributed by atoms with Crippen LogP contribution in [0.25, 0.3) is 16.9 Å². The van der Waals surface area contributed by atoms with Gasteiger partial charge in [-0.25, -0.2) is 4.68 Å². The lowest BCUT2D eigenvalue weighted by molar-refractivity contribution is -0.140. The lowest BCUT2D eigenvalue weighted by Crippen LogP contribution is -2.15. The van der Waals surface area contributed by atoms with Crippen LogP contribution in [0.4, 0.5) is 32.0 Å². The zero-order valence-corrected chi connectivity index (χ0v) is 18.8. The lowest BCUT2D eigenvalue weighted by atomic mass is 10.1. The number of fused-ring (bicyclic) bond motifs is 1. The summed E-state index contributed by atoms with van der Waals surface area (Å²) in [5.74, 6) is 1.00. The highest BCUT2D eigenvalue weighted by Gasteiger charge is 2.37. The Morgan fingerprint density at radius 2 is 1.54 bits per heavy atom. The Hall–Kier alpha value is -4.28. The van der Waals surface area contributed by atoms with E-state index >= 15 is 0 Å². The molecule has 1 aliphatic rings. The van der Waals surface area contributed by atoms with Crippen molar-refractivity contribution in [2.45, 2.75) is 12.4 Å². The van der Waals surface area contributed by atoms with Gasteiger partial charge in [0, 0.05) is 23.5 Å². The van der Waals surface area contributed by atoms with Gasteiger partial charge in [-0.05, 0) is 48.5 Å². The van der Waals surface area contributed by atoms with Gasteiger partial charge >= 0.3 is 12.4 Å². The molecule has 0 atom stereocenters. The van der Waals surface area contributed by atoms with Crippen molar-refractivity contribution in [3.8, 4) is 28.4 Å². The van der Waals surface area contributed by atoms with Crippen LogP contribution in [0.5, 0.6) is 11.5 Å². The molecule has 1 aliphatic heterocycles. The molecule has 0 bridgehead atoms. The second-order valence-corrected chi connectivity index (χ2v) is 8.06. The molecular formula is C26H17F6N3O2. The average molecular weight is 517 g/mol. The summed E-state index contributed by atoms with van der Waals surface area (Å²) in [7, 11) is 0. The number of aliphatic imine (C=N–C) groups is 1. The van der Waals surface area contributed by atoms with Gasteiger partial charge in [0.25, 0.3) is 0 Å². The smallest absolute Gasteiger partial charge is 0.418 e. The number of aromatic nitrogens is 2. The minimum absolute atomic E-state index is 0.283. The fourth-order valence-electron chi connectivity index (χ4n) is 3.80. The molecule has 37 heavy (non-hydrogen) atoms. The van der Waals surface area contributed by atoms with Crippen molar-refractivity contribution in [3.63, 3.8) is 0 Å². The molecule has 0 amide bonds. The van der Waals surface area contributed by atoms with Gasteiger partial charge in [-0.3, -0.25) is 4.99 Å². The number of nitrogens with zero attached hydrogens (tertiary/aromatic N) is 3. The predicted molar refractivity (Wildman–Crippen MR) is 124 cm³/mol. The van der Waals surface area contributed by atoms with Crippen LogP contribution in [0.15, 0.2) is 77.9 Å². The molecule has 0 radical (unpaired) electrons. The highest BCUT2D eigenvalue weighted by Crippen LogP contribution is 2.40. The van der Waals surface area contributed by atoms with E-state index in [0.29, 0.717) is 59.9 Å². The highest BCUT2D eigenvalue weighted by atomic mass is 19.4. The van der Waals surface area contributed by atoms with Crippen LogP contribution in [-0.2, 0) is 12.4 Å². The van der Waals surface area contributed by atoms with E-state index in [-0.39, 0.29) is 5.56 Å². The van der Waals surface area contributed by atoms with E-state index in [1.54, 1.807) is 42.5 Å². The van der Waals surface area contributed by atoms with Crippen LogP contribution in [0.2, 0.25) is 0 Å². The Labute approximate surface area is 206 Å². The van der Waals surface area contributed by atoms with Gasteiger partial charge in [0.1, 0.15) is 18.9 Å². The van der Waals surface area contributed by atoms with Gasteiger partial charge in [0.05, 0.1) is 22.5 Å². The molecule has 3 aromatic carbocycles. The molecule has 0 N–H and O–H groups in total. The summed E-state index contributed by atoms with van der Waals surface area (Å²) in [6.07, 6.45) is -7.12. The molecule has 2 heterocycles. The van der Waals surface area contributed by atoms with E-state index in [1.165, 1.54) is 10.9 Å². The van der Waals surface area contributed by atoms with Crippen LogP contribution < -0.4 is 9.47 Å². The number of benzene rings is 3. The summed E-state index contributed by atoms with van der Waals surface area (Å²) in [5, 5.41) is 4.57. The second-order valence-electron chi connectivity index (χ2n) is 8.06. The van der Waals surface area contributed by atoms with Crippen LogP contribution in [0.3, 0.4) is 0 Å². The molecule has 4 aromatic rings. The van der Waals surface area contributed by atoms with Crippen molar-refractivity contribution in [2.24, 2.45) is 4.99 Å². The van der Waals surface area contributed by atoms with Gasteiger partial charge < -0.3 is 9.47 Å². The first kappa shape index (κ1) is 24.4. The average Bonchev–Trinajstić information content (AvgIpc) is 3.31. The Kier molecular flexibility index (Phi) is 6.14. The molecule has 0 unspecified atom stereocenters. The van der Waals surface area contributed by atoms with Crippen LogP contribution in [0.1, 0.15) is 16.7 Å². The van der Waals surface area contributed by atoms with Crippen LogP contribution in [0, 0.1) is 0 Å². The van der Waals surface area contributed by atoms with Crippen molar-refractivity contribution in [2.75, 3.05) is 13.2 Å². The summed E-state index contributed by atoms with van der Waals surface area (Å²) in [4.78, 5) is 3.84. The molecule has 5 rings (SSSR count). The Morgan fingerprint density at radius 1 is 0.811 bits per heavy atom. The van der Waals surface area contributed by atoms with E-state index in [2.05, 4.69) is 10.1 Å². The molecule has 0 spiro atoms. The molecule has 1 aromatic heterocycles. The third kappa shape index (κ3) is 5.16. The van der Waals surface area contributed by atoms with Gasteiger partial charge in [-0.15, -0.1) is 0 Å². The number of alkyl halides is 6. The van der Waals surface area contributed by atoms with Crippen molar-refractivity contribution in [3.05, 3.63) is 89.6 Å². The number of rotatable bonds is 4. The first-order valence-electron chi connectivity index (χ1n) is 11.0. The van der Waals surface area contributed by atoms with Gasteiger partial charge in [-0.2, -0.15) is 31.4 Å². The summed E-state index contributed by atoms with van der Waals surface area (Å²) in [6.45, 7) is 0.740. The summed E-state index contributed by atoms with van der Waals surface area (Å²) in [5.41, 5.74) is -1.54. The van der Waals surface area contributed by atoms with Crippen molar-refractivity contribution < 1.29 is 35.8 Å². The monoisotopic (exact) mass is 517 g/mol. The number of para-hydroxylation sites is 1. The first-order valence-corrected chi connectivity index (χ1v) is 11.0. The van der Waals surface area contributed by atoms with Crippen molar-refractivity contribution in [1.29, 1.82) is 0 Å². The topological polar surface area (TPSA) is 48.6 Å². The second kappa shape index (κ2) is 9.30. The molecule has 5 nitrogen and oxygen atoms in total. The molecular weight excluding hydrogens is 500 g/mol. The van der Waals surface area contributed by atoms with Gasteiger partial charge in [0.2, 0.25) is 0 Å². The number of ether oxygens (including phenoxy) is 2. The minimum atomic E-state index is -4.90. The Morgan fingerprint density at radius 3 is 2.24 bits per heavy atom. The first-order chi connectivity index (χ1) is 17.6. The SMILES string of the molecule is FC(F)(F)c1ccc(C(F)(F)F)c(N=Cc2cn(-c3ccccc3)nc2-c2ccc3c(c2)OCCO3)c1. The number of hydrogen-bond donors (Lipinski definition) is 0. The lowest BCUT2D eigenvalue weighted by Gasteiger charge is -2.18. The minimum Gasteiger partial charge on any atom is -0.486 e. The highest BCUT2D eigenvalue weighted by molar-refractivity contribution is 5.90. The number of hydrogen-bond acceptors (Lipinski definition) is 4. The molecule has 0 saturated carbocycles. The molecule has 0 fully saturated rings. The van der Waals surface area contributed by atoms with E-state index in [9.17, 15) is 26.3 Å². The fourth-order valence-corrected chi connectivity index (χ4v) is 3.80. The summed E-state index contributed by atoms with van der Waals surface area (Å²) >= 11 is 0. The maximum absolute atomic E-state index is 13.5. The largest absolute Gasteiger partial charge is 0.486 e.